The molecule has 2 rings (SSSR count). The predicted octanol–water partition coefficient (Wildman–Crippen LogP) is 2.98. The largest absolute Gasteiger partial charge is 0.358 e. The van der Waals surface area contributed by atoms with Crippen molar-refractivity contribution >= 4 is 16.9 Å². The highest BCUT2D eigenvalue weighted by molar-refractivity contribution is 5.84. The number of aryl methyl sites for hydroxylation is 1. The van der Waals surface area contributed by atoms with E-state index < -0.39 is 0 Å². The quantitative estimate of drug-likeness (QED) is 0.600. The van der Waals surface area contributed by atoms with Gasteiger partial charge in [-0.2, -0.15) is 0 Å². The van der Waals surface area contributed by atoms with Gasteiger partial charge < -0.3 is 15.6 Å². The Hall–Kier alpha value is -1.97. The lowest BCUT2D eigenvalue weighted by molar-refractivity contribution is 0.501. The molecule has 0 aliphatic rings. The van der Waals surface area contributed by atoms with E-state index in [2.05, 4.69) is 72.6 Å². The Morgan fingerprint density at radius 3 is 2.62 bits per heavy atom. The van der Waals surface area contributed by atoms with Gasteiger partial charge in [0.05, 0.1) is 0 Å². The van der Waals surface area contributed by atoms with E-state index in [1.807, 2.05) is 0 Å². The molecule has 114 valence electrons. The highest BCUT2D eigenvalue weighted by Crippen LogP contribution is 2.21. The first-order valence-corrected chi connectivity index (χ1v) is 7.46. The first kappa shape index (κ1) is 15.4. The second-order valence-electron chi connectivity index (χ2n) is 6.40. The van der Waals surface area contributed by atoms with E-state index >= 15 is 0 Å². The number of guanidine groups is 1. The maximum atomic E-state index is 4.26. The van der Waals surface area contributed by atoms with Gasteiger partial charge in [-0.25, -0.2) is 0 Å². The number of hydrogen-bond donors (Lipinski definition) is 3. The van der Waals surface area contributed by atoms with Gasteiger partial charge >= 0.3 is 0 Å². The number of nitrogens with zero attached hydrogens (tertiary/aromatic N) is 1. The van der Waals surface area contributed by atoms with Crippen molar-refractivity contribution < 1.29 is 0 Å². The van der Waals surface area contributed by atoms with Crippen LogP contribution in [-0.4, -0.2) is 30.1 Å². The normalized spacial score (nSPS) is 12.7. The average Bonchev–Trinajstić information content (AvgIpc) is 2.72. The van der Waals surface area contributed by atoms with Crippen LogP contribution in [0.15, 0.2) is 29.3 Å². The fourth-order valence-corrected chi connectivity index (χ4v) is 2.50. The Kier molecular flexibility index (Phi) is 4.56. The topological polar surface area (TPSA) is 52.2 Å². The summed E-state index contributed by atoms with van der Waals surface area (Å²) in [5.41, 5.74) is 3.85. The summed E-state index contributed by atoms with van der Waals surface area (Å²) in [6.07, 6.45) is 0.973. The number of benzene rings is 1. The lowest BCUT2D eigenvalue weighted by Crippen LogP contribution is -2.48. The summed E-state index contributed by atoms with van der Waals surface area (Å²) in [4.78, 5) is 7.71. The molecule has 4 heteroatoms. The monoisotopic (exact) mass is 286 g/mol. The summed E-state index contributed by atoms with van der Waals surface area (Å²) in [5, 5.41) is 8.07. The molecule has 0 bridgehead atoms. The smallest absolute Gasteiger partial charge is 0.191 e. The van der Waals surface area contributed by atoms with Crippen LogP contribution in [0, 0.1) is 6.92 Å². The highest BCUT2D eigenvalue weighted by Gasteiger charge is 2.12. The van der Waals surface area contributed by atoms with E-state index in [0.717, 1.165) is 18.9 Å². The molecule has 0 spiro atoms. The molecule has 0 fully saturated rings. The standard InChI is InChI=1S/C17H26N4/c1-12-13(14-8-6-7-9-15(14)20-12)10-11-19-16(18-5)21-17(2,3)4/h6-9,20H,10-11H2,1-5H3,(H2,18,19,21). The van der Waals surface area contributed by atoms with Crippen LogP contribution in [0.4, 0.5) is 0 Å². The molecule has 4 nitrogen and oxygen atoms in total. The second-order valence-corrected chi connectivity index (χ2v) is 6.40. The minimum Gasteiger partial charge on any atom is -0.358 e. The third kappa shape index (κ3) is 4.00. The van der Waals surface area contributed by atoms with Crippen LogP contribution in [-0.2, 0) is 6.42 Å². The Morgan fingerprint density at radius 1 is 1.24 bits per heavy atom. The number of hydrogen-bond acceptors (Lipinski definition) is 1. The van der Waals surface area contributed by atoms with E-state index in [4.69, 9.17) is 0 Å². The van der Waals surface area contributed by atoms with Crippen LogP contribution in [0.1, 0.15) is 32.0 Å². The van der Waals surface area contributed by atoms with Crippen molar-refractivity contribution in [2.24, 2.45) is 4.99 Å². The van der Waals surface area contributed by atoms with Crippen molar-refractivity contribution in [3.05, 3.63) is 35.5 Å². The molecular weight excluding hydrogens is 260 g/mol. The molecule has 3 N–H and O–H groups in total. The minimum absolute atomic E-state index is 0.0124. The van der Waals surface area contributed by atoms with Crippen LogP contribution in [0.5, 0.6) is 0 Å². The lowest BCUT2D eigenvalue weighted by atomic mass is 10.1. The predicted molar refractivity (Wildman–Crippen MR) is 91.0 cm³/mol. The molecule has 0 unspecified atom stereocenters. The Morgan fingerprint density at radius 2 is 1.95 bits per heavy atom. The van der Waals surface area contributed by atoms with Gasteiger partial charge in [0, 0.05) is 35.7 Å². The molecule has 0 aliphatic carbocycles. The molecule has 0 saturated heterocycles. The maximum Gasteiger partial charge on any atom is 0.191 e. The van der Waals surface area contributed by atoms with Gasteiger partial charge in [-0.05, 0) is 45.7 Å². The van der Waals surface area contributed by atoms with E-state index in [9.17, 15) is 0 Å². The zero-order chi connectivity index (χ0) is 15.5. The molecule has 2 aromatic rings. The van der Waals surface area contributed by atoms with Crippen LogP contribution in [0.25, 0.3) is 10.9 Å². The van der Waals surface area contributed by atoms with Crippen molar-refractivity contribution in [1.82, 2.24) is 15.6 Å². The number of para-hydroxylation sites is 1. The molecule has 0 aliphatic heterocycles. The summed E-state index contributed by atoms with van der Waals surface area (Å²) in [5.74, 6) is 0.847. The van der Waals surface area contributed by atoms with Crippen LogP contribution >= 0.6 is 0 Å². The zero-order valence-electron chi connectivity index (χ0n) is 13.7. The third-order valence-corrected chi connectivity index (χ3v) is 3.41. The van der Waals surface area contributed by atoms with Crippen molar-refractivity contribution in [3.8, 4) is 0 Å². The molecule has 0 saturated carbocycles. The Balaban J connectivity index is 2.01. The fraction of sp³-hybridized carbons (Fsp3) is 0.471. The van der Waals surface area contributed by atoms with E-state index in [1.165, 1.54) is 22.2 Å². The van der Waals surface area contributed by atoms with Gasteiger partial charge in [-0.3, -0.25) is 4.99 Å². The molecule has 0 radical (unpaired) electrons. The van der Waals surface area contributed by atoms with E-state index in [-0.39, 0.29) is 5.54 Å². The molecule has 1 aromatic heterocycles. The summed E-state index contributed by atoms with van der Waals surface area (Å²) in [6.45, 7) is 9.38. The molecular formula is C17H26N4. The SMILES string of the molecule is CN=C(NCCc1c(C)[nH]c2ccccc12)NC(C)(C)C. The molecule has 21 heavy (non-hydrogen) atoms. The van der Waals surface area contributed by atoms with Crippen molar-refractivity contribution in [3.63, 3.8) is 0 Å². The Bertz CT molecular complexity index is 632. The third-order valence-electron chi connectivity index (χ3n) is 3.41. The molecule has 0 atom stereocenters. The van der Waals surface area contributed by atoms with Gasteiger partial charge in [0.2, 0.25) is 0 Å². The van der Waals surface area contributed by atoms with Crippen molar-refractivity contribution in [2.75, 3.05) is 13.6 Å². The summed E-state index contributed by atoms with van der Waals surface area (Å²) < 4.78 is 0. The lowest BCUT2D eigenvalue weighted by Gasteiger charge is -2.23. The Labute approximate surface area is 127 Å². The van der Waals surface area contributed by atoms with Gasteiger partial charge in [0.25, 0.3) is 0 Å². The van der Waals surface area contributed by atoms with Crippen LogP contribution in [0.3, 0.4) is 0 Å². The minimum atomic E-state index is 0.0124. The first-order valence-electron chi connectivity index (χ1n) is 7.46. The van der Waals surface area contributed by atoms with E-state index in [1.54, 1.807) is 7.05 Å². The van der Waals surface area contributed by atoms with E-state index in [0.29, 0.717) is 0 Å². The fourth-order valence-electron chi connectivity index (χ4n) is 2.50. The van der Waals surface area contributed by atoms with Gasteiger partial charge in [0.15, 0.2) is 5.96 Å². The van der Waals surface area contributed by atoms with Crippen molar-refractivity contribution in [1.29, 1.82) is 0 Å². The zero-order valence-corrected chi connectivity index (χ0v) is 13.7. The maximum absolute atomic E-state index is 4.26. The summed E-state index contributed by atoms with van der Waals surface area (Å²) in [6, 6.07) is 8.46. The summed E-state index contributed by atoms with van der Waals surface area (Å²) >= 11 is 0. The first-order chi connectivity index (χ1) is 9.90. The number of rotatable bonds is 3. The number of aromatic nitrogens is 1. The molecule has 0 amide bonds. The molecule has 1 aromatic carbocycles. The number of fused-ring (bicyclic) bond motifs is 1. The second kappa shape index (κ2) is 6.20. The number of aliphatic imine (C=N–C) groups is 1. The molecule has 1 heterocycles. The number of H-pyrrole nitrogens is 1. The average molecular weight is 286 g/mol. The highest BCUT2D eigenvalue weighted by atomic mass is 15.2. The van der Waals surface area contributed by atoms with Gasteiger partial charge in [-0.15, -0.1) is 0 Å². The summed E-state index contributed by atoms with van der Waals surface area (Å²) in [7, 11) is 1.80. The van der Waals surface area contributed by atoms with Crippen LogP contribution < -0.4 is 10.6 Å². The van der Waals surface area contributed by atoms with Gasteiger partial charge in [0.1, 0.15) is 0 Å². The van der Waals surface area contributed by atoms with Crippen LogP contribution in [0.2, 0.25) is 0 Å². The number of nitrogens with one attached hydrogen (secondary N) is 3. The number of aromatic amines is 1. The van der Waals surface area contributed by atoms with Gasteiger partial charge in [-0.1, -0.05) is 18.2 Å². The van der Waals surface area contributed by atoms with Crippen molar-refractivity contribution in [2.45, 2.75) is 39.7 Å².